The standard InChI is InChI=1S/C22H22N2O3/c1-22(27,12-11-16-7-3-2-4-8-16)15-24-20(21(25)26)13-17-14-23-19-10-6-5-9-18(17)19/h2-10,14,20,23-24,27H,13,15H2,1H3,(H,25,26)/t20-,22+/m1/s1. The molecule has 0 saturated heterocycles. The number of hydrogen-bond donors (Lipinski definition) is 4. The van der Waals surface area contributed by atoms with Crippen molar-refractivity contribution < 1.29 is 15.0 Å². The van der Waals surface area contributed by atoms with Crippen LogP contribution in [0.4, 0.5) is 0 Å². The average Bonchev–Trinajstić information content (AvgIpc) is 3.07. The second kappa shape index (κ2) is 8.09. The largest absolute Gasteiger partial charge is 0.480 e. The minimum atomic E-state index is -1.34. The van der Waals surface area contributed by atoms with E-state index in [-0.39, 0.29) is 6.54 Å². The third-order valence-corrected chi connectivity index (χ3v) is 4.34. The van der Waals surface area contributed by atoms with Crippen LogP contribution in [0.1, 0.15) is 18.1 Å². The highest BCUT2D eigenvalue weighted by Crippen LogP contribution is 2.19. The number of rotatable bonds is 6. The summed E-state index contributed by atoms with van der Waals surface area (Å²) in [6.07, 6.45) is 2.14. The van der Waals surface area contributed by atoms with Crippen molar-refractivity contribution in [3.8, 4) is 11.8 Å². The number of para-hydroxylation sites is 1. The summed E-state index contributed by atoms with van der Waals surface area (Å²) in [6, 6.07) is 16.3. The van der Waals surface area contributed by atoms with Crippen LogP contribution in [0.3, 0.4) is 0 Å². The van der Waals surface area contributed by atoms with Gasteiger partial charge in [-0.05, 0) is 30.7 Å². The van der Waals surface area contributed by atoms with Crippen molar-refractivity contribution in [3.63, 3.8) is 0 Å². The number of H-pyrrole nitrogens is 1. The summed E-state index contributed by atoms with van der Waals surface area (Å²) in [6.45, 7) is 1.62. The molecule has 3 aromatic rings. The van der Waals surface area contributed by atoms with E-state index in [1.807, 2.05) is 60.8 Å². The predicted molar refractivity (Wildman–Crippen MR) is 105 cm³/mol. The van der Waals surface area contributed by atoms with Gasteiger partial charge < -0.3 is 20.5 Å². The molecule has 1 aromatic heterocycles. The Hall–Kier alpha value is -3.07. The van der Waals surface area contributed by atoms with Gasteiger partial charge in [0.25, 0.3) is 0 Å². The Labute approximate surface area is 158 Å². The van der Waals surface area contributed by atoms with E-state index in [2.05, 4.69) is 22.1 Å². The van der Waals surface area contributed by atoms with E-state index in [9.17, 15) is 15.0 Å². The van der Waals surface area contributed by atoms with E-state index in [1.54, 1.807) is 6.92 Å². The number of carboxylic acid groups (broad SMARTS) is 1. The van der Waals surface area contributed by atoms with Gasteiger partial charge in [-0.3, -0.25) is 4.79 Å². The first kappa shape index (κ1) is 18.7. The maximum atomic E-state index is 11.7. The number of benzene rings is 2. The molecule has 0 aliphatic heterocycles. The Morgan fingerprint density at radius 1 is 1.19 bits per heavy atom. The second-order valence-corrected chi connectivity index (χ2v) is 6.73. The minimum Gasteiger partial charge on any atom is -0.480 e. The van der Waals surface area contributed by atoms with Crippen molar-refractivity contribution in [1.29, 1.82) is 0 Å². The summed E-state index contributed by atoms with van der Waals surface area (Å²) in [5.41, 5.74) is 1.34. The Bertz CT molecular complexity index is 981. The number of aromatic amines is 1. The first-order chi connectivity index (χ1) is 12.9. The first-order valence-electron chi connectivity index (χ1n) is 8.76. The van der Waals surface area contributed by atoms with Crippen LogP contribution in [0.5, 0.6) is 0 Å². The average molecular weight is 362 g/mol. The number of carbonyl (C=O) groups is 1. The zero-order chi connectivity index (χ0) is 19.3. The molecule has 0 aliphatic carbocycles. The lowest BCUT2D eigenvalue weighted by molar-refractivity contribution is -0.139. The van der Waals surface area contributed by atoms with E-state index in [0.29, 0.717) is 6.42 Å². The molecule has 1 heterocycles. The van der Waals surface area contributed by atoms with E-state index >= 15 is 0 Å². The van der Waals surface area contributed by atoms with Crippen molar-refractivity contribution in [2.45, 2.75) is 25.0 Å². The fourth-order valence-corrected chi connectivity index (χ4v) is 2.86. The van der Waals surface area contributed by atoms with Gasteiger partial charge in [-0.15, -0.1) is 0 Å². The normalized spacial score (nSPS) is 14.1. The number of fused-ring (bicyclic) bond motifs is 1. The summed E-state index contributed by atoms with van der Waals surface area (Å²) >= 11 is 0. The molecular weight excluding hydrogens is 340 g/mol. The lowest BCUT2D eigenvalue weighted by Crippen LogP contribution is -2.46. The third kappa shape index (κ3) is 4.98. The van der Waals surface area contributed by atoms with Crippen LogP contribution in [0.25, 0.3) is 10.9 Å². The second-order valence-electron chi connectivity index (χ2n) is 6.73. The fraction of sp³-hybridized carbons (Fsp3) is 0.227. The lowest BCUT2D eigenvalue weighted by atomic mass is 10.0. The number of hydrogen-bond acceptors (Lipinski definition) is 3. The zero-order valence-electron chi connectivity index (χ0n) is 15.1. The zero-order valence-corrected chi connectivity index (χ0v) is 15.1. The molecule has 2 atom stereocenters. The highest BCUT2D eigenvalue weighted by molar-refractivity contribution is 5.84. The topological polar surface area (TPSA) is 85.4 Å². The van der Waals surface area contributed by atoms with E-state index in [0.717, 1.165) is 22.0 Å². The minimum absolute atomic E-state index is 0.0478. The lowest BCUT2D eigenvalue weighted by Gasteiger charge is -2.21. The van der Waals surface area contributed by atoms with Crippen LogP contribution in [0, 0.1) is 11.8 Å². The summed E-state index contributed by atoms with van der Waals surface area (Å²) < 4.78 is 0. The van der Waals surface area contributed by atoms with E-state index in [1.165, 1.54) is 0 Å². The van der Waals surface area contributed by atoms with Gasteiger partial charge >= 0.3 is 5.97 Å². The monoisotopic (exact) mass is 362 g/mol. The van der Waals surface area contributed by atoms with Crippen molar-refractivity contribution >= 4 is 16.9 Å². The van der Waals surface area contributed by atoms with Crippen molar-refractivity contribution in [2.75, 3.05) is 6.54 Å². The van der Waals surface area contributed by atoms with Crippen molar-refractivity contribution in [2.24, 2.45) is 0 Å². The molecule has 0 fully saturated rings. The first-order valence-corrected chi connectivity index (χ1v) is 8.76. The predicted octanol–water partition coefficient (Wildman–Crippen LogP) is 2.56. The molecular formula is C22H22N2O3. The summed E-state index contributed by atoms with van der Waals surface area (Å²) in [5.74, 6) is 4.75. The van der Waals surface area contributed by atoms with Gasteiger partial charge in [0.05, 0.1) is 0 Å². The van der Waals surface area contributed by atoms with Gasteiger partial charge in [-0.1, -0.05) is 48.2 Å². The van der Waals surface area contributed by atoms with Gasteiger partial charge in [-0.2, -0.15) is 0 Å². The van der Waals surface area contributed by atoms with Crippen LogP contribution < -0.4 is 5.32 Å². The maximum absolute atomic E-state index is 11.7. The number of nitrogens with one attached hydrogen (secondary N) is 2. The molecule has 0 bridgehead atoms. The summed E-state index contributed by atoms with van der Waals surface area (Å²) in [5, 5.41) is 24.0. The smallest absolute Gasteiger partial charge is 0.321 e. The summed E-state index contributed by atoms with van der Waals surface area (Å²) in [4.78, 5) is 14.8. The van der Waals surface area contributed by atoms with E-state index in [4.69, 9.17) is 0 Å². The quantitative estimate of drug-likeness (QED) is 0.508. The number of aliphatic carboxylic acids is 1. The molecule has 0 spiro atoms. The molecule has 0 saturated carbocycles. The molecule has 5 heteroatoms. The van der Waals surface area contributed by atoms with Crippen LogP contribution >= 0.6 is 0 Å². The van der Waals surface area contributed by atoms with Gasteiger partial charge in [0.2, 0.25) is 0 Å². The highest BCUT2D eigenvalue weighted by atomic mass is 16.4. The van der Waals surface area contributed by atoms with Gasteiger partial charge in [0, 0.05) is 35.6 Å². The molecule has 4 N–H and O–H groups in total. The molecule has 0 radical (unpaired) electrons. The molecule has 2 aromatic carbocycles. The molecule has 27 heavy (non-hydrogen) atoms. The van der Waals surface area contributed by atoms with Gasteiger partial charge in [0.1, 0.15) is 11.6 Å². The molecule has 5 nitrogen and oxygen atoms in total. The molecule has 0 aliphatic rings. The Morgan fingerprint density at radius 2 is 1.89 bits per heavy atom. The Morgan fingerprint density at radius 3 is 2.63 bits per heavy atom. The van der Waals surface area contributed by atoms with Gasteiger partial charge in [-0.25, -0.2) is 0 Å². The molecule has 3 rings (SSSR count). The van der Waals surface area contributed by atoms with Crippen LogP contribution in [0.2, 0.25) is 0 Å². The van der Waals surface area contributed by atoms with Crippen LogP contribution in [0.15, 0.2) is 60.8 Å². The Balaban J connectivity index is 1.68. The third-order valence-electron chi connectivity index (χ3n) is 4.34. The molecule has 0 amide bonds. The number of aromatic nitrogens is 1. The van der Waals surface area contributed by atoms with Gasteiger partial charge in [0.15, 0.2) is 0 Å². The van der Waals surface area contributed by atoms with Crippen molar-refractivity contribution in [3.05, 3.63) is 71.9 Å². The molecule has 138 valence electrons. The molecule has 0 unspecified atom stereocenters. The number of aliphatic hydroxyl groups is 1. The number of carboxylic acids is 1. The van der Waals surface area contributed by atoms with Crippen LogP contribution in [-0.4, -0.2) is 39.4 Å². The maximum Gasteiger partial charge on any atom is 0.321 e. The van der Waals surface area contributed by atoms with E-state index < -0.39 is 17.6 Å². The fourth-order valence-electron chi connectivity index (χ4n) is 2.86. The Kier molecular flexibility index (Phi) is 5.60. The SMILES string of the molecule is C[C@](O)(C#Cc1ccccc1)CN[C@H](Cc1c[nH]c2ccccc12)C(=O)O. The highest BCUT2D eigenvalue weighted by Gasteiger charge is 2.24. The summed E-state index contributed by atoms with van der Waals surface area (Å²) in [7, 11) is 0. The van der Waals surface area contributed by atoms with Crippen molar-refractivity contribution in [1.82, 2.24) is 10.3 Å². The van der Waals surface area contributed by atoms with Crippen LogP contribution in [-0.2, 0) is 11.2 Å².